The highest BCUT2D eigenvalue weighted by Crippen LogP contribution is 2.39. The average molecular weight is 556 g/mol. The van der Waals surface area contributed by atoms with Crippen LogP contribution in [0.3, 0.4) is 0 Å². The van der Waals surface area contributed by atoms with Crippen molar-refractivity contribution in [3.63, 3.8) is 0 Å². The Morgan fingerprint density at radius 2 is 2.03 bits per heavy atom. The summed E-state index contributed by atoms with van der Waals surface area (Å²) in [6.45, 7) is 5.03. The van der Waals surface area contributed by atoms with E-state index in [0.717, 1.165) is 51.3 Å². The molecule has 1 aliphatic carbocycles. The minimum atomic E-state index is -0.688. The Labute approximate surface area is 229 Å². The number of amides is 1. The number of nitrogens with one attached hydrogen (secondary N) is 3. The van der Waals surface area contributed by atoms with Gasteiger partial charge in [-0.2, -0.15) is 20.1 Å². The Morgan fingerprint density at radius 1 is 1.21 bits per heavy atom. The fraction of sp³-hybridized carbons (Fsp3) is 0.583. The van der Waals surface area contributed by atoms with Crippen molar-refractivity contribution in [1.29, 1.82) is 0 Å². The van der Waals surface area contributed by atoms with Crippen LogP contribution in [0.1, 0.15) is 30.9 Å². The third-order valence-electron chi connectivity index (χ3n) is 7.22. The molecule has 0 spiro atoms. The number of piperazine rings is 1. The van der Waals surface area contributed by atoms with Gasteiger partial charge < -0.3 is 30.3 Å². The van der Waals surface area contributed by atoms with E-state index in [2.05, 4.69) is 40.6 Å². The molecule has 3 aromatic rings. The van der Waals surface area contributed by atoms with E-state index < -0.39 is 12.1 Å². The molecule has 2 saturated heterocycles. The molecule has 39 heavy (non-hydrogen) atoms. The number of anilines is 5. The van der Waals surface area contributed by atoms with Gasteiger partial charge in [0.05, 0.1) is 18.4 Å². The minimum absolute atomic E-state index is 0.236. The number of nitrogens with zero attached hydrogens (tertiary/aromatic N) is 8. The molecule has 0 radical (unpaired) electrons. The largest absolute Gasteiger partial charge is 0.391 e. The molecular formula is C24H33N11O3S. The number of rotatable bonds is 10. The van der Waals surface area contributed by atoms with Crippen LogP contribution >= 0.6 is 11.3 Å². The summed E-state index contributed by atoms with van der Waals surface area (Å²) in [4.78, 5) is 37.8. The van der Waals surface area contributed by atoms with Gasteiger partial charge in [-0.3, -0.25) is 14.8 Å². The quantitative estimate of drug-likeness (QED) is 0.282. The van der Waals surface area contributed by atoms with Gasteiger partial charge in [0.1, 0.15) is 11.9 Å². The predicted molar refractivity (Wildman–Crippen MR) is 147 cm³/mol. The summed E-state index contributed by atoms with van der Waals surface area (Å²) in [5.41, 5.74) is 1.03. The Hall–Kier alpha value is -3.40. The Balaban J connectivity index is 1.26. The van der Waals surface area contributed by atoms with Crippen molar-refractivity contribution in [2.75, 3.05) is 73.4 Å². The Bertz CT molecular complexity index is 1260. The molecule has 0 bridgehead atoms. The van der Waals surface area contributed by atoms with Crippen molar-refractivity contribution >= 4 is 46.0 Å². The highest BCUT2D eigenvalue weighted by molar-refractivity contribution is 7.13. The molecule has 5 heterocycles. The Morgan fingerprint density at radius 3 is 2.77 bits per heavy atom. The summed E-state index contributed by atoms with van der Waals surface area (Å²) in [6.07, 6.45) is 3.53. The molecule has 3 fully saturated rings. The Kier molecular flexibility index (Phi) is 7.54. The zero-order chi connectivity index (χ0) is 26.8. The van der Waals surface area contributed by atoms with E-state index >= 15 is 0 Å². The molecule has 2 aliphatic heterocycles. The van der Waals surface area contributed by atoms with Crippen molar-refractivity contribution in [3.8, 4) is 0 Å². The number of methoxy groups -OCH3 is 1. The highest BCUT2D eigenvalue weighted by atomic mass is 32.1. The van der Waals surface area contributed by atoms with Crippen molar-refractivity contribution in [2.45, 2.75) is 37.3 Å². The molecule has 3 aliphatic rings. The van der Waals surface area contributed by atoms with Crippen LogP contribution in [0.25, 0.3) is 0 Å². The van der Waals surface area contributed by atoms with Gasteiger partial charge in [0, 0.05) is 76.4 Å². The second-order valence-corrected chi connectivity index (χ2v) is 11.0. The number of carbonyl (C=O) groups is 1. The molecule has 0 unspecified atom stereocenters. The van der Waals surface area contributed by atoms with E-state index in [1.54, 1.807) is 23.6 Å². The van der Waals surface area contributed by atoms with Crippen molar-refractivity contribution in [3.05, 3.63) is 23.3 Å². The van der Waals surface area contributed by atoms with Crippen molar-refractivity contribution in [2.24, 2.45) is 0 Å². The van der Waals surface area contributed by atoms with Gasteiger partial charge in [-0.25, -0.2) is 4.98 Å². The summed E-state index contributed by atoms with van der Waals surface area (Å²) in [6, 6.07) is 1.34. The van der Waals surface area contributed by atoms with Gasteiger partial charge in [-0.15, -0.1) is 11.3 Å². The number of aromatic nitrogens is 6. The standard InChI is InChI=1S/C24H33N11O3S/c1-38-10-9-33-5-7-34(8-6-33)22-28-21(26-19-13-17(31-32-19)15-2-3-15)29-23(30-22)35-14-16(36)12-18(35)20(37)27-24-25-4-11-39-24/h4,11,13,15-16,18,36H,2-3,5-10,12,14H2,1H3,(H,25,27,37)(H2,26,28,29,30,31,32)/t16-,18-/m0/s1. The first-order valence-electron chi connectivity index (χ1n) is 13.3. The number of aromatic amines is 1. The molecule has 3 aromatic heterocycles. The molecule has 4 N–H and O–H groups in total. The fourth-order valence-electron chi connectivity index (χ4n) is 4.94. The van der Waals surface area contributed by atoms with E-state index in [1.165, 1.54) is 11.3 Å². The first kappa shape index (κ1) is 25.9. The van der Waals surface area contributed by atoms with Crippen LogP contribution in [-0.2, 0) is 9.53 Å². The third kappa shape index (κ3) is 6.11. The highest BCUT2D eigenvalue weighted by Gasteiger charge is 2.39. The van der Waals surface area contributed by atoms with E-state index in [4.69, 9.17) is 14.7 Å². The third-order valence-corrected chi connectivity index (χ3v) is 7.91. The van der Waals surface area contributed by atoms with Crippen molar-refractivity contribution < 1.29 is 14.6 Å². The van der Waals surface area contributed by atoms with Gasteiger partial charge in [-0.05, 0) is 12.8 Å². The first-order chi connectivity index (χ1) is 19.1. The lowest BCUT2D eigenvalue weighted by Gasteiger charge is -2.35. The summed E-state index contributed by atoms with van der Waals surface area (Å²) in [5, 5.41) is 26.4. The zero-order valence-corrected chi connectivity index (χ0v) is 22.6. The maximum Gasteiger partial charge on any atom is 0.249 e. The van der Waals surface area contributed by atoms with E-state index in [-0.39, 0.29) is 18.9 Å². The lowest BCUT2D eigenvalue weighted by atomic mass is 10.2. The molecule has 15 heteroatoms. The average Bonchev–Trinajstić information content (AvgIpc) is 3.28. The number of carbonyl (C=O) groups excluding carboxylic acids is 1. The summed E-state index contributed by atoms with van der Waals surface area (Å²) in [7, 11) is 1.71. The second kappa shape index (κ2) is 11.4. The maximum absolute atomic E-state index is 13.2. The van der Waals surface area contributed by atoms with Crippen LogP contribution in [-0.4, -0.2) is 111 Å². The van der Waals surface area contributed by atoms with E-state index in [1.807, 2.05) is 6.07 Å². The maximum atomic E-state index is 13.2. The first-order valence-corrected chi connectivity index (χ1v) is 14.1. The van der Waals surface area contributed by atoms with Crippen molar-refractivity contribution in [1.82, 2.24) is 35.0 Å². The lowest BCUT2D eigenvalue weighted by Crippen LogP contribution is -2.48. The monoisotopic (exact) mass is 555 g/mol. The molecule has 0 aromatic carbocycles. The zero-order valence-electron chi connectivity index (χ0n) is 21.8. The smallest absolute Gasteiger partial charge is 0.249 e. The number of hydrogen-bond donors (Lipinski definition) is 4. The predicted octanol–water partition coefficient (Wildman–Crippen LogP) is 1.02. The van der Waals surface area contributed by atoms with Crippen LogP contribution < -0.4 is 20.4 Å². The molecule has 6 rings (SSSR count). The normalized spacial score (nSPS) is 21.9. The SMILES string of the molecule is COCCN1CCN(c2nc(Nc3cc(C4CC4)n[nH]3)nc(N3C[C@@H](O)C[C@H]3C(=O)Nc3nccs3)n2)CC1. The van der Waals surface area contributed by atoms with Gasteiger partial charge in [-0.1, -0.05) is 0 Å². The number of aliphatic hydroxyl groups is 1. The fourth-order valence-corrected chi connectivity index (χ4v) is 5.47. The van der Waals surface area contributed by atoms with E-state index in [9.17, 15) is 9.90 Å². The number of ether oxygens (including phenoxy) is 1. The lowest BCUT2D eigenvalue weighted by molar-refractivity contribution is -0.117. The van der Waals surface area contributed by atoms with Crippen LogP contribution in [0.2, 0.25) is 0 Å². The molecule has 1 amide bonds. The van der Waals surface area contributed by atoms with Gasteiger partial charge >= 0.3 is 0 Å². The van der Waals surface area contributed by atoms with Gasteiger partial charge in [0.15, 0.2) is 5.13 Å². The minimum Gasteiger partial charge on any atom is -0.391 e. The van der Waals surface area contributed by atoms with Gasteiger partial charge in [0.25, 0.3) is 0 Å². The molecule has 208 valence electrons. The second-order valence-electron chi connectivity index (χ2n) is 10.1. The number of hydrogen-bond acceptors (Lipinski definition) is 13. The number of aliphatic hydroxyl groups excluding tert-OH is 1. The number of β-amino-alcohol motifs (C(OH)–C–C–N with tert-alkyl or cyclic N) is 1. The van der Waals surface area contributed by atoms with Crippen LogP contribution in [0.15, 0.2) is 17.6 Å². The van der Waals surface area contributed by atoms with Crippen LogP contribution in [0.4, 0.5) is 28.8 Å². The number of thiazole rings is 1. The molecular weight excluding hydrogens is 522 g/mol. The molecule has 1 saturated carbocycles. The molecule has 2 atom stereocenters. The topological polar surface area (TPSA) is 161 Å². The number of H-pyrrole nitrogens is 1. The van der Waals surface area contributed by atoms with Gasteiger partial charge in [0.2, 0.25) is 23.8 Å². The molecule has 14 nitrogen and oxygen atoms in total. The summed E-state index contributed by atoms with van der Waals surface area (Å²) < 4.78 is 5.23. The summed E-state index contributed by atoms with van der Waals surface area (Å²) >= 11 is 1.34. The van der Waals surface area contributed by atoms with E-state index in [0.29, 0.717) is 41.3 Å². The van der Waals surface area contributed by atoms with Crippen LogP contribution in [0.5, 0.6) is 0 Å². The summed E-state index contributed by atoms with van der Waals surface area (Å²) in [5.74, 6) is 2.16. The van der Waals surface area contributed by atoms with Crippen LogP contribution in [0, 0.1) is 0 Å².